The minimum absolute atomic E-state index is 0.149. The number of hydrogen-bond acceptors (Lipinski definition) is 7. The number of methoxy groups -OCH3 is 1. The molecule has 0 aliphatic carbocycles. The van der Waals surface area contributed by atoms with Crippen molar-refractivity contribution in [3.63, 3.8) is 0 Å². The summed E-state index contributed by atoms with van der Waals surface area (Å²) in [5, 5.41) is 2.43. The van der Waals surface area contributed by atoms with Crippen LogP contribution in [0, 0.1) is 0 Å². The van der Waals surface area contributed by atoms with Crippen LogP contribution in [0.2, 0.25) is 0 Å². The third kappa shape index (κ3) is 3.64. The lowest BCUT2D eigenvalue weighted by molar-refractivity contribution is 0.0354. The smallest absolute Gasteiger partial charge is 0.290 e. The van der Waals surface area contributed by atoms with Gasteiger partial charge in [-0.1, -0.05) is 6.07 Å². The fourth-order valence-electron chi connectivity index (χ4n) is 4.39. The van der Waals surface area contributed by atoms with E-state index in [1.807, 2.05) is 17.5 Å². The van der Waals surface area contributed by atoms with Gasteiger partial charge in [0.2, 0.25) is 5.76 Å². The number of fused-ring (bicyclic) bond motifs is 2. The molecule has 1 atom stereocenters. The Kier molecular flexibility index (Phi) is 5.52. The van der Waals surface area contributed by atoms with E-state index in [-0.39, 0.29) is 17.1 Å². The second-order valence-corrected chi connectivity index (χ2v) is 8.74. The van der Waals surface area contributed by atoms with Gasteiger partial charge >= 0.3 is 0 Å². The molecule has 5 rings (SSSR count). The lowest BCUT2D eigenvalue weighted by atomic mass is 10.0. The zero-order valence-corrected chi connectivity index (χ0v) is 18.2. The molecule has 4 heterocycles. The zero-order valence-electron chi connectivity index (χ0n) is 17.3. The quantitative estimate of drug-likeness (QED) is 0.587. The molecule has 0 unspecified atom stereocenters. The first-order chi connectivity index (χ1) is 15.2. The van der Waals surface area contributed by atoms with Crippen molar-refractivity contribution in [3.8, 4) is 5.75 Å². The van der Waals surface area contributed by atoms with E-state index in [0.29, 0.717) is 28.8 Å². The molecule has 31 heavy (non-hydrogen) atoms. The molecule has 1 amide bonds. The number of nitrogens with zero attached hydrogens (tertiary/aromatic N) is 2. The molecular weight excluding hydrogens is 416 g/mol. The van der Waals surface area contributed by atoms with Crippen LogP contribution in [0.3, 0.4) is 0 Å². The first-order valence-electron chi connectivity index (χ1n) is 10.5. The van der Waals surface area contributed by atoms with Gasteiger partial charge in [-0.05, 0) is 30.0 Å². The highest BCUT2D eigenvalue weighted by atomic mass is 32.1. The lowest BCUT2D eigenvalue weighted by Gasteiger charge is -2.28. The summed E-state index contributed by atoms with van der Waals surface area (Å²) in [6.07, 6.45) is 0.823. The van der Waals surface area contributed by atoms with Crippen molar-refractivity contribution in [1.29, 1.82) is 0 Å². The summed E-state index contributed by atoms with van der Waals surface area (Å²) in [4.78, 5) is 31.9. The molecule has 3 aromatic rings. The molecule has 0 spiro atoms. The predicted molar refractivity (Wildman–Crippen MR) is 118 cm³/mol. The summed E-state index contributed by atoms with van der Waals surface area (Å²) in [5.74, 6) is 0.506. The van der Waals surface area contributed by atoms with Crippen molar-refractivity contribution in [1.82, 2.24) is 9.80 Å². The van der Waals surface area contributed by atoms with E-state index in [4.69, 9.17) is 13.9 Å². The summed E-state index contributed by atoms with van der Waals surface area (Å²) in [6, 6.07) is 8.62. The molecule has 162 valence electrons. The van der Waals surface area contributed by atoms with Crippen molar-refractivity contribution >= 4 is 28.2 Å². The fourth-order valence-corrected chi connectivity index (χ4v) is 5.23. The number of carbonyl (C=O) groups excluding carboxylic acids is 1. The largest absolute Gasteiger partial charge is 0.497 e. The van der Waals surface area contributed by atoms with Crippen LogP contribution < -0.4 is 10.2 Å². The zero-order chi connectivity index (χ0) is 21.4. The van der Waals surface area contributed by atoms with Crippen LogP contribution in [-0.4, -0.2) is 62.2 Å². The number of ether oxygens (including phenoxy) is 2. The van der Waals surface area contributed by atoms with Crippen molar-refractivity contribution in [3.05, 3.63) is 62.1 Å². The number of rotatable bonds is 6. The predicted octanol–water partition coefficient (Wildman–Crippen LogP) is 3.13. The number of hydrogen-bond donors (Lipinski definition) is 0. The Balaban J connectivity index is 1.50. The van der Waals surface area contributed by atoms with Gasteiger partial charge in [0, 0.05) is 37.1 Å². The van der Waals surface area contributed by atoms with Crippen molar-refractivity contribution in [2.24, 2.45) is 0 Å². The van der Waals surface area contributed by atoms with E-state index in [1.165, 1.54) is 0 Å². The third-order valence-electron chi connectivity index (χ3n) is 5.96. The van der Waals surface area contributed by atoms with E-state index in [9.17, 15) is 9.59 Å². The average molecular weight is 441 g/mol. The first kappa shape index (κ1) is 20.2. The lowest BCUT2D eigenvalue weighted by Crippen LogP contribution is -2.38. The van der Waals surface area contributed by atoms with Gasteiger partial charge in [0.25, 0.3) is 5.91 Å². The Bertz CT molecular complexity index is 1150. The van der Waals surface area contributed by atoms with Gasteiger partial charge in [0.15, 0.2) is 5.43 Å². The third-order valence-corrected chi connectivity index (χ3v) is 6.89. The maximum absolute atomic E-state index is 13.4. The summed E-state index contributed by atoms with van der Waals surface area (Å²) < 4.78 is 16.7. The van der Waals surface area contributed by atoms with Gasteiger partial charge in [-0.25, -0.2) is 0 Å². The van der Waals surface area contributed by atoms with Gasteiger partial charge in [0.05, 0.1) is 37.3 Å². The Morgan fingerprint density at radius 1 is 1.16 bits per heavy atom. The van der Waals surface area contributed by atoms with Crippen molar-refractivity contribution in [2.75, 3.05) is 46.5 Å². The number of morpholine rings is 1. The second-order valence-electron chi connectivity index (χ2n) is 7.76. The highest BCUT2D eigenvalue weighted by Crippen LogP contribution is 2.40. The molecule has 1 saturated heterocycles. The van der Waals surface area contributed by atoms with Crippen LogP contribution in [0.4, 0.5) is 0 Å². The van der Waals surface area contributed by atoms with Crippen molar-refractivity contribution in [2.45, 2.75) is 12.5 Å². The topological polar surface area (TPSA) is 72.2 Å². The van der Waals surface area contributed by atoms with E-state index < -0.39 is 6.04 Å². The molecule has 2 aromatic heterocycles. The van der Waals surface area contributed by atoms with Crippen LogP contribution in [0.1, 0.15) is 33.5 Å². The van der Waals surface area contributed by atoms with Gasteiger partial charge in [-0.3, -0.25) is 14.5 Å². The highest BCUT2D eigenvalue weighted by molar-refractivity contribution is 7.10. The Morgan fingerprint density at radius 3 is 2.74 bits per heavy atom. The molecule has 0 N–H and O–H groups in total. The first-order valence-corrected chi connectivity index (χ1v) is 11.3. The molecular formula is C23H24N2O5S. The van der Waals surface area contributed by atoms with Gasteiger partial charge in [-0.2, -0.15) is 0 Å². The highest BCUT2D eigenvalue weighted by Gasteiger charge is 2.43. The number of benzene rings is 1. The molecule has 0 saturated carbocycles. The van der Waals surface area contributed by atoms with Crippen LogP contribution in [0.5, 0.6) is 5.75 Å². The minimum Gasteiger partial charge on any atom is -0.497 e. The van der Waals surface area contributed by atoms with E-state index in [2.05, 4.69) is 4.90 Å². The van der Waals surface area contributed by atoms with E-state index in [1.54, 1.807) is 41.5 Å². The SMILES string of the molecule is COc1ccc2c(=O)c3c(oc2c1)C(=O)N(CCCN1CCOCC1)[C@H]3c1cccs1. The van der Waals surface area contributed by atoms with Crippen molar-refractivity contribution < 1.29 is 18.7 Å². The molecule has 0 bridgehead atoms. The maximum Gasteiger partial charge on any atom is 0.290 e. The van der Waals surface area contributed by atoms with Crippen LogP contribution in [-0.2, 0) is 4.74 Å². The van der Waals surface area contributed by atoms with Gasteiger partial charge in [-0.15, -0.1) is 11.3 Å². The Labute approximate surface area is 183 Å². The van der Waals surface area contributed by atoms with Crippen LogP contribution in [0.25, 0.3) is 11.0 Å². The Morgan fingerprint density at radius 2 is 2.00 bits per heavy atom. The van der Waals surface area contributed by atoms with E-state index >= 15 is 0 Å². The average Bonchev–Trinajstić information content (AvgIpc) is 3.42. The number of amides is 1. The van der Waals surface area contributed by atoms with Crippen LogP contribution in [0.15, 0.2) is 44.9 Å². The maximum atomic E-state index is 13.4. The summed E-state index contributed by atoms with van der Waals surface area (Å²) in [5.41, 5.74) is 0.661. The van der Waals surface area contributed by atoms with Gasteiger partial charge < -0.3 is 18.8 Å². The molecule has 0 radical (unpaired) electrons. The summed E-state index contributed by atoms with van der Waals surface area (Å²) in [6.45, 7) is 4.77. The molecule has 8 heteroatoms. The van der Waals surface area contributed by atoms with Gasteiger partial charge in [0.1, 0.15) is 11.3 Å². The second kappa shape index (κ2) is 8.45. The summed E-state index contributed by atoms with van der Waals surface area (Å²) in [7, 11) is 1.56. The monoisotopic (exact) mass is 440 g/mol. The molecule has 1 fully saturated rings. The van der Waals surface area contributed by atoms with Crippen LogP contribution >= 0.6 is 11.3 Å². The number of carbonyl (C=O) groups is 1. The van der Waals surface area contributed by atoms with E-state index in [0.717, 1.165) is 44.1 Å². The number of thiophene rings is 1. The fraction of sp³-hybridized carbons (Fsp3) is 0.391. The Hall–Kier alpha value is -2.68. The summed E-state index contributed by atoms with van der Waals surface area (Å²) >= 11 is 1.55. The molecule has 7 nitrogen and oxygen atoms in total. The molecule has 2 aliphatic heterocycles. The molecule has 2 aliphatic rings. The standard InChI is InChI=1S/C23H24N2O5S/c1-28-15-5-6-16-17(14-15)30-22-19(21(16)26)20(18-4-2-13-31-18)25(23(22)27)8-3-7-24-9-11-29-12-10-24/h2,4-6,13-14,20H,3,7-12H2,1H3/t20-/m0/s1. The molecule has 1 aromatic carbocycles. The minimum atomic E-state index is -0.407. The normalized spacial score (nSPS) is 19.2.